The van der Waals surface area contributed by atoms with Gasteiger partial charge in [-0.05, 0) is 43.0 Å². The van der Waals surface area contributed by atoms with Crippen molar-refractivity contribution in [2.75, 3.05) is 25.6 Å². The van der Waals surface area contributed by atoms with Crippen LogP contribution < -0.4 is 20.1 Å². The summed E-state index contributed by atoms with van der Waals surface area (Å²) in [4.78, 5) is 11.9. The van der Waals surface area contributed by atoms with Crippen LogP contribution in [0.4, 0.5) is 10.5 Å². The Labute approximate surface area is 149 Å². The van der Waals surface area contributed by atoms with Gasteiger partial charge in [-0.3, -0.25) is 0 Å². The van der Waals surface area contributed by atoms with Crippen molar-refractivity contribution < 1.29 is 14.3 Å². The standard InChI is InChI=1S/C20H26N2O3/c1-3-14-25-19-12-5-4-8-16(19)9-7-13-21-20(23)22-17-10-6-11-18(15-17)24-2/h4-6,8,10-12,15H,3,7,9,13-14H2,1-2H3,(H2,21,22,23). The van der Waals surface area contributed by atoms with Gasteiger partial charge < -0.3 is 20.1 Å². The summed E-state index contributed by atoms with van der Waals surface area (Å²) in [5.74, 6) is 1.65. The van der Waals surface area contributed by atoms with E-state index in [1.54, 1.807) is 13.2 Å². The molecule has 2 rings (SSSR count). The highest BCUT2D eigenvalue weighted by atomic mass is 16.5. The lowest BCUT2D eigenvalue weighted by Crippen LogP contribution is -2.29. The Kier molecular flexibility index (Phi) is 7.63. The first-order valence-corrected chi connectivity index (χ1v) is 8.62. The van der Waals surface area contributed by atoms with E-state index in [0.717, 1.165) is 31.6 Å². The smallest absolute Gasteiger partial charge is 0.319 e. The molecule has 2 aromatic rings. The fourth-order valence-electron chi connectivity index (χ4n) is 2.42. The van der Waals surface area contributed by atoms with E-state index in [2.05, 4.69) is 23.6 Å². The maximum Gasteiger partial charge on any atom is 0.319 e. The first-order valence-electron chi connectivity index (χ1n) is 8.62. The SMILES string of the molecule is CCCOc1ccccc1CCCNC(=O)Nc1cccc(OC)c1. The number of amides is 2. The van der Waals surface area contributed by atoms with Crippen molar-refractivity contribution in [2.45, 2.75) is 26.2 Å². The zero-order chi connectivity index (χ0) is 17.9. The Morgan fingerprint density at radius 3 is 2.76 bits per heavy atom. The van der Waals surface area contributed by atoms with Gasteiger partial charge in [0.1, 0.15) is 11.5 Å². The molecule has 2 amide bonds. The minimum absolute atomic E-state index is 0.219. The molecule has 2 N–H and O–H groups in total. The van der Waals surface area contributed by atoms with E-state index in [4.69, 9.17) is 9.47 Å². The number of methoxy groups -OCH3 is 1. The summed E-state index contributed by atoms with van der Waals surface area (Å²) in [6.07, 6.45) is 2.69. The number of rotatable bonds is 9. The summed E-state index contributed by atoms with van der Waals surface area (Å²) in [6.45, 7) is 3.41. The number of anilines is 1. The fraction of sp³-hybridized carbons (Fsp3) is 0.350. The number of benzene rings is 2. The van der Waals surface area contributed by atoms with Crippen LogP contribution in [0.1, 0.15) is 25.3 Å². The predicted molar refractivity (Wildman–Crippen MR) is 101 cm³/mol. The molecule has 0 heterocycles. The average Bonchev–Trinajstić information content (AvgIpc) is 2.64. The Bertz CT molecular complexity index is 673. The molecule has 0 aliphatic heterocycles. The van der Waals surface area contributed by atoms with Crippen molar-refractivity contribution in [3.8, 4) is 11.5 Å². The lowest BCUT2D eigenvalue weighted by molar-refractivity contribution is 0.252. The van der Waals surface area contributed by atoms with Crippen LogP contribution in [0.3, 0.4) is 0 Å². The number of hydrogen-bond donors (Lipinski definition) is 2. The van der Waals surface area contributed by atoms with Gasteiger partial charge in [-0.1, -0.05) is 31.2 Å². The number of hydrogen-bond acceptors (Lipinski definition) is 3. The molecule has 0 bridgehead atoms. The van der Waals surface area contributed by atoms with Gasteiger partial charge in [0.2, 0.25) is 0 Å². The van der Waals surface area contributed by atoms with Crippen LogP contribution in [0.2, 0.25) is 0 Å². The molecule has 0 fully saturated rings. The largest absolute Gasteiger partial charge is 0.497 e. The minimum atomic E-state index is -0.219. The zero-order valence-corrected chi connectivity index (χ0v) is 14.9. The third-order valence-corrected chi connectivity index (χ3v) is 3.67. The van der Waals surface area contributed by atoms with Gasteiger partial charge in [0.15, 0.2) is 0 Å². The summed E-state index contributed by atoms with van der Waals surface area (Å²) in [5, 5.41) is 5.67. The van der Waals surface area contributed by atoms with E-state index >= 15 is 0 Å². The van der Waals surface area contributed by atoms with Gasteiger partial charge in [0.25, 0.3) is 0 Å². The first-order chi connectivity index (χ1) is 12.2. The molecule has 5 heteroatoms. The molecule has 0 aliphatic carbocycles. The Morgan fingerprint density at radius 2 is 1.96 bits per heavy atom. The third-order valence-electron chi connectivity index (χ3n) is 3.67. The molecule has 134 valence electrons. The third kappa shape index (κ3) is 6.37. The van der Waals surface area contributed by atoms with Crippen molar-refractivity contribution in [3.05, 3.63) is 54.1 Å². The highest BCUT2D eigenvalue weighted by Crippen LogP contribution is 2.19. The molecule has 0 spiro atoms. The van der Waals surface area contributed by atoms with Gasteiger partial charge in [-0.15, -0.1) is 0 Å². The van der Waals surface area contributed by atoms with Gasteiger partial charge in [0, 0.05) is 18.3 Å². The van der Waals surface area contributed by atoms with E-state index in [-0.39, 0.29) is 6.03 Å². The van der Waals surface area contributed by atoms with E-state index in [1.807, 2.05) is 36.4 Å². The van der Waals surface area contributed by atoms with Gasteiger partial charge >= 0.3 is 6.03 Å². The number of carbonyl (C=O) groups is 1. The van der Waals surface area contributed by atoms with Crippen LogP contribution in [0.25, 0.3) is 0 Å². The van der Waals surface area contributed by atoms with E-state index < -0.39 is 0 Å². The van der Waals surface area contributed by atoms with Crippen LogP contribution in [0, 0.1) is 0 Å². The molecule has 0 unspecified atom stereocenters. The lowest BCUT2D eigenvalue weighted by atomic mass is 10.1. The normalized spacial score (nSPS) is 10.2. The fourth-order valence-corrected chi connectivity index (χ4v) is 2.42. The van der Waals surface area contributed by atoms with Crippen molar-refractivity contribution >= 4 is 11.7 Å². The molecule has 25 heavy (non-hydrogen) atoms. The van der Waals surface area contributed by atoms with Gasteiger partial charge in [0.05, 0.1) is 13.7 Å². The van der Waals surface area contributed by atoms with Crippen LogP contribution in [-0.2, 0) is 6.42 Å². The number of aryl methyl sites for hydroxylation is 1. The maximum absolute atomic E-state index is 11.9. The number of ether oxygens (including phenoxy) is 2. The second kappa shape index (κ2) is 10.2. The van der Waals surface area contributed by atoms with Crippen LogP contribution in [-0.4, -0.2) is 26.3 Å². The highest BCUT2D eigenvalue weighted by Gasteiger charge is 2.05. The quantitative estimate of drug-likeness (QED) is 0.670. The lowest BCUT2D eigenvalue weighted by Gasteiger charge is -2.11. The molecule has 5 nitrogen and oxygen atoms in total. The minimum Gasteiger partial charge on any atom is -0.497 e. The first kappa shape index (κ1) is 18.6. The molecule has 2 aromatic carbocycles. The van der Waals surface area contributed by atoms with Crippen molar-refractivity contribution in [3.63, 3.8) is 0 Å². The highest BCUT2D eigenvalue weighted by molar-refractivity contribution is 5.89. The topological polar surface area (TPSA) is 59.6 Å². The van der Waals surface area contributed by atoms with E-state index in [9.17, 15) is 4.79 Å². The van der Waals surface area contributed by atoms with Crippen molar-refractivity contribution in [1.82, 2.24) is 5.32 Å². The van der Waals surface area contributed by atoms with Gasteiger partial charge in [-0.2, -0.15) is 0 Å². The molecular formula is C20H26N2O3. The molecular weight excluding hydrogens is 316 g/mol. The Hall–Kier alpha value is -2.69. The number of nitrogens with one attached hydrogen (secondary N) is 2. The molecule has 0 atom stereocenters. The van der Waals surface area contributed by atoms with Crippen molar-refractivity contribution in [1.29, 1.82) is 0 Å². The van der Waals surface area contributed by atoms with Crippen molar-refractivity contribution in [2.24, 2.45) is 0 Å². The zero-order valence-electron chi connectivity index (χ0n) is 14.9. The van der Waals surface area contributed by atoms with E-state index in [0.29, 0.717) is 18.0 Å². The van der Waals surface area contributed by atoms with Crippen LogP contribution >= 0.6 is 0 Å². The average molecular weight is 342 g/mol. The summed E-state index contributed by atoms with van der Waals surface area (Å²) >= 11 is 0. The summed E-state index contributed by atoms with van der Waals surface area (Å²) in [6, 6.07) is 15.1. The second-order valence-corrected chi connectivity index (χ2v) is 5.67. The summed E-state index contributed by atoms with van der Waals surface area (Å²) in [5.41, 5.74) is 1.88. The predicted octanol–water partition coefficient (Wildman–Crippen LogP) is 4.24. The van der Waals surface area contributed by atoms with Crippen LogP contribution in [0.15, 0.2) is 48.5 Å². The number of para-hydroxylation sites is 1. The molecule has 0 saturated carbocycles. The number of urea groups is 1. The van der Waals surface area contributed by atoms with Crippen LogP contribution in [0.5, 0.6) is 11.5 Å². The second-order valence-electron chi connectivity index (χ2n) is 5.67. The molecule has 0 saturated heterocycles. The maximum atomic E-state index is 11.9. The molecule has 0 radical (unpaired) electrons. The summed E-state index contributed by atoms with van der Waals surface area (Å²) in [7, 11) is 1.60. The monoisotopic (exact) mass is 342 g/mol. The number of carbonyl (C=O) groups excluding carboxylic acids is 1. The Balaban J connectivity index is 1.74. The summed E-state index contributed by atoms with van der Waals surface area (Å²) < 4.78 is 10.9. The molecule has 0 aliphatic rings. The van der Waals surface area contributed by atoms with E-state index in [1.165, 1.54) is 5.56 Å². The Morgan fingerprint density at radius 1 is 1.12 bits per heavy atom. The van der Waals surface area contributed by atoms with Gasteiger partial charge in [-0.25, -0.2) is 4.79 Å². The molecule has 0 aromatic heterocycles.